The third-order valence-electron chi connectivity index (χ3n) is 4.43. The molecule has 1 aromatic heterocycles. The maximum atomic E-state index is 12.8. The smallest absolute Gasteiger partial charge is 0.271 e. The molecule has 0 aliphatic carbocycles. The van der Waals surface area contributed by atoms with Crippen molar-refractivity contribution in [3.05, 3.63) is 58.4 Å². The topological polar surface area (TPSA) is 95.6 Å². The van der Waals surface area contributed by atoms with Gasteiger partial charge in [-0.05, 0) is 65.2 Å². The van der Waals surface area contributed by atoms with Crippen molar-refractivity contribution in [2.24, 2.45) is 0 Å². The molecule has 0 unspecified atom stereocenters. The summed E-state index contributed by atoms with van der Waals surface area (Å²) in [5, 5.41) is 2.73. The van der Waals surface area contributed by atoms with Gasteiger partial charge in [0.1, 0.15) is 10.3 Å². The maximum absolute atomic E-state index is 12.8. The normalized spacial score (nSPS) is 16.4. The van der Waals surface area contributed by atoms with Gasteiger partial charge < -0.3 is 10.2 Å². The number of amides is 2. The monoisotopic (exact) mass is 497 g/mol. The lowest BCUT2D eigenvalue weighted by atomic mass is 10.1. The molecule has 154 valence electrons. The third-order valence-corrected chi connectivity index (χ3v) is 7.93. The van der Waals surface area contributed by atoms with Gasteiger partial charge in [0.15, 0.2) is 0 Å². The van der Waals surface area contributed by atoms with E-state index in [2.05, 4.69) is 32.5 Å². The van der Waals surface area contributed by atoms with Crippen molar-refractivity contribution in [1.29, 1.82) is 0 Å². The Labute approximate surface area is 182 Å². The minimum Gasteiger partial charge on any atom is -0.351 e. The SMILES string of the molecule is C=CCNC(=O)[C@@H]1CCCN1C(=O)c1ccc(NS(=O)(=O)c2ccc(Br)s2)cc1. The molecular weight excluding hydrogens is 478 g/mol. The van der Waals surface area contributed by atoms with E-state index in [1.807, 2.05) is 0 Å². The molecule has 2 heterocycles. The molecule has 1 aliphatic rings. The zero-order valence-corrected chi connectivity index (χ0v) is 18.6. The second kappa shape index (κ2) is 9.10. The van der Waals surface area contributed by atoms with Gasteiger partial charge in [-0.3, -0.25) is 14.3 Å². The average molecular weight is 498 g/mol. The van der Waals surface area contributed by atoms with Gasteiger partial charge in [-0.1, -0.05) is 6.08 Å². The molecule has 0 spiro atoms. The van der Waals surface area contributed by atoms with E-state index in [0.29, 0.717) is 30.8 Å². The number of anilines is 1. The van der Waals surface area contributed by atoms with Gasteiger partial charge in [-0.15, -0.1) is 17.9 Å². The lowest BCUT2D eigenvalue weighted by molar-refractivity contribution is -0.124. The van der Waals surface area contributed by atoms with Crippen LogP contribution in [0.5, 0.6) is 0 Å². The Balaban J connectivity index is 1.70. The van der Waals surface area contributed by atoms with Gasteiger partial charge in [0.25, 0.3) is 15.9 Å². The molecule has 2 N–H and O–H groups in total. The highest BCUT2D eigenvalue weighted by Crippen LogP contribution is 2.28. The fourth-order valence-corrected chi connectivity index (χ4v) is 6.14. The molecule has 1 saturated heterocycles. The quantitative estimate of drug-likeness (QED) is 0.574. The van der Waals surface area contributed by atoms with Crippen LogP contribution in [-0.4, -0.2) is 44.3 Å². The van der Waals surface area contributed by atoms with E-state index in [4.69, 9.17) is 0 Å². The highest BCUT2D eigenvalue weighted by molar-refractivity contribution is 9.11. The summed E-state index contributed by atoms with van der Waals surface area (Å²) < 4.78 is 28.2. The van der Waals surface area contributed by atoms with Crippen LogP contribution in [0.15, 0.2) is 57.0 Å². The molecule has 3 rings (SSSR count). The summed E-state index contributed by atoms with van der Waals surface area (Å²) in [5.74, 6) is -0.444. The van der Waals surface area contributed by atoms with Crippen molar-refractivity contribution in [3.8, 4) is 0 Å². The maximum Gasteiger partial charge on any atom is 0.271 e. The third kappa shape index (κ3) is 5.06. The van der Waals surface area contributed by atoms with E-state index in [9.17, 15) is 18.0 Å². The molecular formula is C19H20BrN3O4S2. The average Bonchev–Trinajstić information content (AvgIpc) is 3.35. The second-order valence-electron chi connectivity index (χ2n) is 6.43. The van der Waals surface area contributed by atoms with Crippen LogP contribution < -0.4 is 10.0 Å². The number of benzene rings is 1. The Morgan fingerprint density at radius 1 is 1.24 bits per heavy atom. The molecule has 0 saturated carbocycles. The fourth-order valence-electron chi connectivity index (χ4n) is 3.07. The number of carbonyl (C=O) groups excluding carboxylic acids is 2. The summed E-state index contributed by atoms with van der Waals surface area (Å²) in [4.78, 5) is 26.7. The van der Waals surface area contributed by atoms with Crippen LogP contribution >= 0.6 is 27.3 Å². The Morgan fingerprint density at radius 2 is 1.97 bits per heavy atom. The fraction of sp³-hybridized carbons (Fsp3) is 0.263. The van der Waals surface area contributed by atoms with E-state index in [1.165, 1.54) is 18.2 Å². The summed E-state index contributed by atoms with van der Waals surface area (Å²) in [6.45, 7) is 4.43. The standard InChI is InChI=1S/C19H20BrN3O4S2/c1-2-11-21-18(24)15-4-3-12-23(15)19(25)13-5-7-14(8-6-13)22-29(26,27)17-10-9-16(20)28-17/h2,5-10,15,22H,1,3-4,11-12H2,(H,21,24)/t15-/m0/s1. The number of sulfonamides is 1. The Hall–Kier alpha value is -2.17. The first kappa shape index (κ1) is 21.5. The number of nitrogens with one attached hydrogen (secondary N) is 2. The zero-order valence-electron chi connectivity index (χ0n) is 15.4. The first-order valence-corrected chi connectivity index (χ1v) is 12.0. The number of rotatable bonds is 7. The summed E-state index contributed by atoms with van der Waals surface area (Å²) in [7, 11) is -3.69. The summed E-state index contributed by atoms with van der Waals surface area (Å²) in [5.41, 5.74) is 0.753. The van der Waals surface area contributed by atoms with Crippen LogP contribution in [0.25, 0.3) is 0 Å². The number of hydrogen-bond donors (Lipinski definition) is 2. The number of carbonyl (C=O) groups is 2. The molecule has 2 aromatic rings. The van der Waals surface area contributed by atoms with Crippen LogP contribution in [-0.2, 0) is 14.8 Å². The molecule has 1 aromatic carbocycles. The second-order valence-corrected chi connectivity index (χ2v) is 10.8. The van der Waals surface area contributed by atoms with Gasteiger partial charge in [0.05, 0.1) is 3.79 Å². The predicted octanol–water partition coefficient (Wildman–Crippen LogP) is 3.22. The highest BCUT2D eigenvalue weighted by atomic mass is 79.9. The molecule has 1 fully saturated rings. The number of thiophene rings is 1. The highest BCUT2D eigenvalue weighted by Gasteiger charge is 2.34. The van der Waals surface area contributed by atoms with Gasteiger partial charge in [0.2, 0.25) is 5.91 Å². The summed E-state index contributed by atoms with van der Waals surface area (Å²) in [6, 6.07) is 8.87. The summed E-state index contributed by atoms with van der Waals surface area (Å²) in [6.07, 6.45) is 2.96. The molecule has 29 heavy (non-hydrogen) atoms. The van der Waals surface area contributed by atoms with Crippen molar-refractivity contribution < 1.29 is 18.0 Å². The van der Waals surface area contributed by atoms with Gasteiger partial charge in [-0.2, -0.15) is 0 Å². The molecule has 2 amide bonds. The van der Waals surface area contributed by atoms with E-state index in [0.717, 1.165) is 21.5 Å². The summed E-state index contributed by atoms with van der Waals surface area (Å²) >= 11 is 4.36. The molecule has 1 aliphatic heterocycles. The first-order valence-electron chi connectivity index (χ1n) is 8.89. The Kier molecular flexibility index (Phi) is 6.76. The van der Waals surface area contributed by atoms with Crippen molar-refractivity contribution in [3.63, 3.8) is 0 Å². The molecule has 10 heteroatoms. The largest absolute Gasteiger partial charge is 0.351 e. The number of nitrogens with zero attached hydrogens (tertiary/aromatic N) is 1. The van der Waals surface area contributed by atoms with Gasteiger partial charge in [0, 0.05) is 24.3 Å². The number of likely N-dealkylation sites (tertiary alicyclic amines) is 1. The lowest BCUT2D eigenvalue weighted by Crippen LogP contribution is -2.46. The van der Waals surface area contributed by atoms with E-state index in [1.54, 1.807) is 29.2 Å². The first-order chi connectivity index (χ1) is 13.8. The van der Waals surface area contributed by atoms with Crippen LogP contribution in [0, 0.1) is 0 Å². The number of hydrogen-bond acceptors (Lipinski definition) is 5. The number of halogens is 1. The van der Waals surface area contributed by atoms with Crippen LogP contribution in [0.4, 0.5) is 5.69 Å². The van der Waals surface area contributed by atoms with Gasteiger partial charge in [-0.25, -0.2) is 8.42 Å². The van der Waals surface area contributed by atoms with Crippen LogP contribution in [0.2, 0.25) is 0 Å². The molecule has 1 atom stereocenters. The zero-order chi connectivity index (χ0) is 21.0. The van der Waals surface area contributed by atoms with E-state index in [-0.39, 0.29) is 16.0 Å². The van der Waals surface area contributed by atoms with Crippen molar-refractivity contribution >= 4 is 54.8 Å². The molecule has 7 nitrogen and oxygen atoms in total. The van der Waals surface area contributed by atoms with Crippen LogP contribution in [0.3, 0.4) is 0 Å². The minimum absolute atomic E-state index is 0.190. The van der Waals surface area contributed by atoms with E-state index < -0.39 is 16.1 Å². The van der Waals surface area contributed by atoms with Crippen molar-refractivity contribution in [2.45, 2.75) is 23.1 Å². The predicted molar refractivity (Wildman–Crippen MR) is 117 cm³/mol. The Bertz CT molecular complexity index is 1020. The van der Waals surface area contributed by atoms with Crippen molar-refractivity contribution in [2.75, 3.05) is 17.8 Å². The van der Waals surface area contributed by atoms with Crippen LogP contribution in [0.1, 0.15) is 23.2 Å². The lowest BCUT2D eigenvalue weighted by Gasteiger charge is -2.24. The Morgan fingerprint density at radius 3 is 2.59 bits per heavy atom. The van der Waals surface area contributed by atoms with Gasteiger partial charge >= 0.3 is 0 Å². The molecule has 0 radical (unpaired) electrons. The minimum atomic E-state index is -3.69. The molecule has 0 bridgehead atoms. The van der Waals surface area contributed by atoms with E-state index >= 15 is 0 Å². The van der Waals surface area contributed by atoms with Crippen molar-refractivity contribution in [1.82, 2.24) is 10.2 Å².